The largest absolute Gasteiger partial charge is 0.383 e. The summed E-state index contributed by atoms with van der Waals surface area (Å²) in [6.45, 7) is 1.26. The van der Waals surface area contributed by atoms with Crippen molar-refractivity contribution >= 4 is 28.8 Å². The van der Waals surface area contributed by atoms with E-state index >= 15 is 0 Å². The maximum absolute atomic E-state index is 13.1. The van der Waals surface area contributed by atoms with Gasteiger partial charge in [0.1, 0.15) is 4.34 Å². The summed E-state index contributed by atoms with van der Waals surface area (Å²) in [7, 11) is 1.67. The summed E-state index contributed by atoms with van der Waals surface area (Å²) in [5, 5.41) is 0. The number of nitrogens with zero attached hydrogens (tertiary/aromatic N) is 2. The van der Waals surface area contributed by atoms with E-state index < -0.39 is 0 Å². The number of aromatic nitrogens is 1. The first-order chi connectivity index (χ1) is 11.1. The standard InChI is InChI=1S/C17H23ClN2O2S/c1-22-3-2-20-10-14(18)23-16(20)19-15(21)17-7-11-4-12(8-17)6-13(5-11)9-17/h10-13H,2-9H2,1H3/b19-16-. The van der Waals surface area contributed by atoms with E-state index in [4.69, 9.17) is 16.3 Å². The minimum atomic E-state index is -0.176. The van der Waals surface area contributed by atoms with E-state index in [-0.39, 0.29) is 11.3 Å². The molecule has 0 aliphatic heterocycles. The van der Waals surface area contributed by atoms with Crippen LogP contribution in [0.2, 0.25) is 4.34 Å². The van der Waals surface area contributed by atoms with Crippen LogP contribution in [-0.4, -0.2) is 24.2 Å². The Labute approximate surface area is 145 Å². The third-order valence-corrected chi connectivity index (χ3v) is 7.06. The Morgan fingerprint density at radius 2 is 1.96 bits per heavy atom. The van der Waals surface area contributed by atoms with E-state index in [1.54, 1.807) is 7.11 Å². The van der Waals surface area contributed by atoms with Gasteiger partial charge in [-0.05, 0) is 56.3 Å². The number of halogens is 1. The number of methoxy groups -OCH3 is 1. The number of carbonyl (C=O) groups excluding carboxylic acids is 1. The Hall–Kier alpha value is -0.650. The molecule has 0 atom stereocenters. The third kappa shape index (κ3) is 2.92. The van der Waals surface area contributed by atoms with Crippen LogP contribution in [-0.2, 0) is 16.1 Å². The monoisotopic (exact) mass is 354 g/mol. The molecule has 1 heterocycles. The van der Waals surface area contributed by atoms with Gasteiger partial charge in [0.15, 0.2) is 4.80 Å². The summed E-state index contributed by atoms with van der Waals surface area (Å²) in [6, 6.07) is 0. The van der Waals surface area contributed by atoms with E-state index in [9.17, 15) is 4.79 Å². The van der Waals surface area contributed by atoms with Crippen molar-refractivity contribution in [3.63, 3.8) is 0 Å². The molecule has 6 heteroatoms. The molecule has 0 aromatic carbocycles. The average molecular weight is 355 g/mol. The van der Waals surface area contributed by atoms with Crippen LogP contribution >= 0.6 is 22.9 Å². The molecule has 4 nitrogen and oxygen atoms in total. The van der Waals surface area contributed by atoms with Gasteiger partial charge in [-0.25, -0.2) is 0 Å². The first-order valence-electron chi connectivity index (χ1n) is 8.52. The van der Waals surface area contributed by atoms with E-state index in [2.05, 4.69) is 4.99 Å². The zero-order chi connectivity index (χ0) is 16.0. The highest BCUT2D eigenvalue weighted by atomic mass is 35.5. The minimum absolute atomic E-state index is 0.0984. The number of amides is 1. The maximum atomic E-state index is 13.1. The van der Waals surface area contributed by atoms with Gasteiger partial charge in [0.25, 0.3) is 5.91 Å². The van der Waals surface area contributed by atoms with Crippen molar-refractivity contribution < 1.29 is 9.53 Å². The molecule has 23 heavy (non-hydrogen) atoms. The number of ether oxygens (including phenoxy) is 1. The van der Waals surface area contributed by atoms with Gasteiger partial charge in [-0.2, -0.15) is 4.99 Å². The number of thiazole rings is 1. The normalized spacial score (nSPS) is 35.9. The molecule has 4 fully saturated rings. The lowest BCUT2D eigenvalue weighted by molar-refractivity contribution is -0.142. The first kappa shape index (κ1) is 15.9. The summed E-state index contributed by atoms with van der Waals surface area (Å²) in [6.07, 6.45) is 9.02. The van der Waals surface area contributed by atoms with Gasteiger partial charge in [-0.3, -0.25) is 4.79 Å². The second kappa shape index (κ2) is 6.01. The van der Waals surface area contributed by atoms with Crippen molar-refractivity contribution in [2.24, 2.45) is 28.2 Å². The Morgan fingerprint density at radius 1 is 1.35 bits per heavy atom. The predicted octanol–water partition coefficient (Wildman–Crippen LogP) is 3.49. The van der Waals surface area contributed by atoms with Gasteiger partial charge in [0.05, 0.1) is 12.0 Å². The Balaban J connectivity index is 1.62. The molecular formula is C17H23ClN2O2S. The summed E-state index contributed by atoms with van der Waals surface area (Å²) < 4.78 is 7.73. The molecule has 5 rings (SSSR count). The summed E-state index contributed by atoms with van der Waals surface area (Å²) in [5.41, 5.74) is -0.176. The van der Waals surface area contributed by atoms with Crippen LogP contribution in [0.3, 0.4) is 0 Å². The topological polar surface area (TPSA) is 43.6 Å². The molecule has 0 N–H and O–H groups in total. The van der Waals surface area contributed by atoms with Crippen LogP contribution in [0.5, 0.6) is 0 Å². The smallest absolute Gasteiger partial charge is 0.254 e. The van der Waals surface area contributed by atoms with Gasteiger partial charge < -0.3 is 9.30 Å². The van der Waals surface area contributed by atoms with Crippen LogP contribution in [0, 0.1) is 23.2 Å². The highest BCUT2D eigenvalue weighted by Gasteiger charge is 2.54. The second-order valence-electron chi connectivity index (χ2n) is 7.62. The molecule has 0 radical (unpaired) electrons. The molecule has 4 aliphatic carbocycles. The van der Waals surface area contributed by atoms with Crippen molar-refractivity contribution in [3.8, 4) is 0 Å². The average Bonchev–Trinajstić information content (AvgIpc) is 2.83. The Bertz CT molecular complexity index is 643. The van der Waals surface area contributed by atoms with Crippen LogP contribution < -0.4 is 4.80 Å². The molecule has 4 bridgehead atoms. The minimum Gasteiger partial charge on any atom is -0.383 e. The molecule has 1 amide bonds. The van der Waals surface area contributed by atoms with Crippen molar-refractivity contribution in [2.75, 3.05) is 13.7 Å². The quantitative estimate of drug-likeness (QED) is 0.830. The summed E-state index contributed by atoms with van der Waals surface area (Å²) >= 11 is 7.51. The molecule has 0 spiro atoms. The number of rotatable bonds is 4. The van der Waals surface area contributed by atoms with E-state index in [0.717, 1.165) is 37.0 Å². The molecule has 0 unspecified atom stereocenters. The highest BCUT2D eigenvalue weighted by Crippen LogP contribution is 2.60. The molecule has 4 saturated carbocycles. The predicted molar refractivity (Wildman–Crippen MR) is 90.4 cm³/mol. The van der Waals surface area contributed by atoms with Crippen LogP contribution in [0.4, 0.5) is 0 Å². The Morgan fingerprint density at radius 3 is 2.52 bits per heavy atom. The molecule has 1 aromatic rings. The molecular weight excluding hydrogens is 332 g/mol. The van der Waals surface area contributed by atoms with Crippen molar-refractivity contribution in [2.45, 2.75) is 45.1 Å². The fourth-order valence-corrected chi connectivity index (χ4v) is 6.43. The lowest BCUT2D eigenvalue weighted by atomic mass is 9.49. The Kier molecular flexibility index (Phi) is 4.14. The molecule has 4 aliphatic rings. The maximum Gasteiger partial charge on any atom is 0.254 e. The lowest BCUT2D eigenvalue weighted by Gasteiger charge is -2.55. The van der Waals surface area contributed by atoms with E-state index in [1.165, 1.54) is 30.6 Å². The summed E-state index contributed by atoms with van der Waals surface area (Å²) in [4.78, 5) is 18.3. The first-order valence-corrected chi connectivity index (χ1v) is 9.71. The number of carbonyl (C=O) groups is 1. The van der Waals surface area contributed by atoms with Crippen LogP contribution in [0.25, 0.3) is 0 Å². The fraction of sp³-hybridized carbons (Fsp3) is 0.765. The number of hydrogen-bond acceptors (Lipinski definition) is 3. The summed E-state index contributed by atoms with van der Waals surface area (Å²) in [5.74, 6) is 2.37. The zero-order valence-corrected chi connectivity index (χ0v) is 15.0. The van der Waals surface area contributed by atoms with Crippen molar-refractivity contribution in [1.82, 2.24) is 4.57 Å². The van der Waals surface area contributed by atoms with Gasteiger partial charge >= 0.3 is 0 Å². The zero-order valence-electron chi connectivity index (χ0n) is 13.5. The van der Waals surface area contributed by atoms with Crippen molar-refractivity contribution in [1.29, 1.82) is 0 Å². The van der Waals surface area contributed by atoms with Gasteiger partial charge in [0.2, 0.25) is 0 Å². The third-order valence-electron chi connectivity index (χ3n) is 5.92. The van der Waals surface area contributed by atoms with Crippen LogP contribution in [0.15, 0.2) is 11.2 Å². The lowest BCUT2D eigenvalue weighted by Crippen LogP contribution is -2.49. The molecule has 0 saturated heterocycles. The SMILES string of the molecule is COCCn1cc(Cl)s/c1=N\C(=O)C12CC3CC(CC(C3)C1)C2. The second-order valence-corrected chi connectivity index (χ2v) is 9.26. The van der Waals surface area contributed by atoms with E-state index in [1.807, 2.05) is 10.8 Å². The highest BCUT2D eigenvalue weighted by molar-refractivity contribution is 7.13. The van der Waals surface area contributed by atoms with E-state index in [0.29, 0.717) is 22.3 Å². The fourth-order valence-electron chi connectivity index (χ4n) is 5.36. The molecule has 1 aromatic heterocycles. The van der Waals surface area contributed by atoms with Crippen molar-refractivity contribution in [3.05, 3.63) is 15.3 Å². The molecule has 126 valence electrons. The number of hydrogen-bond donors (Lipinski definition) is 0. The van der Waals surface area contributed by atoms with Gasteiger partial charge in [-0.1, -0.05) is 22.9 Å². The van der Waals surface area contributed by atoms with Crippen LogP contribution in [0.1, 0.15) is 38.5 Å². The van der Waals surface area contributed by atoms with Gasteiger partial charge in [-0.15, -0.1) is 0 Å². The van der Waals surface area contributed by atoms with Gasteiger partial charge in [0, 0.05) is 19.9 Å².